The Bertz CT molecular complexity index is 573. The molecule has 1 aromatic rings. The number of nitrogens with one attached hydrogen (secondary N) is 1. The van der Waals surface area contributed by atoms with E-state index in [0.29, 0.717) is 6.54 Å². The molecule has 0 aromatic heterocycles. The summed E-state index contributed by atoms with van der Waals surface area (Å²) in [5, 5.41) is 0. The zero-order valence-electron chi connectivity index (χ0n) is 10.3. The average Bonchev–Trinajstić information content (AvgIpc) is 3.13. The lowest BCUT2D eigenvalue weighted by molar-refractivity contribution is 0.549. The lowest BCUT2D eigenvalue weighted by Gasteiger charge is -2.09. The maximum Gasteiger partial charge on any atom is 0.243 e. The molecule has 0 aliphatic heterocycles. The Hall–Kier alpha value is -0.660. The van der Waals surface area contributed by atoms with E-state index in [1.165, 1.54) is 18.9 Å². The zero-order valence-corrected chi connectivity index (χ0v) is 12.7. The van der Waals surface area contributed by atoms with Gasteiger partial charge in [-0.05, 0) is 46.8 Å². The predicted octanol–water partition coefficient (Wildman–Crippen LogP) is 2.64. The first-order valence-corrected chi connectivity index (χ1v) is 8.42. The van der Waals surface area contributed by atoms with Crippen molar-refractivity contribution in [2.45, 2.75) is 30.6 Å². The third-order valence-electron chi connectivity index (χ3n) is 3.08. The minimum atomic E-state index is -3.85. The van der Waals surface area contributed by atoms with Gasteiger partial charge in [-0.25, -0.2) is 17.5 Å². The van der Waals surface area contributed by atoms with Crippen LogP contribution in [0.25, 0.3) is 0 Å². The third-order valence-corrected chi connectivity index (χ3v) is 5.12. The maximum atomic E-state index is 13.8. The van der Waals surface area contributed by atoms with E-state index in [1.807, 2.05) is 0 Å². The van der Waals surface area contributed by atoms with Crippen LogP contribution in [0.1, 0.15) is 25.7 Å². The van der Waals surface area contributed by atoms with Crippen LogP contribution in [0.4, 0.5) is 10.1 Å². The highest BCUT2D eigenvalue weighted by Crippen LogP contribution is 2.33. The smallest absolute Gasteiger partial charge is 0.243 e. The van der Waals surface area contributed by atoms with Crippen LogP contribution in [0, 0.1) is 11.7 Å². The maximum absolute atomic E-state index is 13.8. The Balaban J connectivity index is 2.05. The summed E-state index contributed by atoms with van der Waals surface area (Å²) in [6, 6.07) is 2.46. The highest BCUT2D eigenvalue weighted by molar-refractivity contribution is 9.10. The van der Waals surface area contributed by atoms with Crippen molar-refractivity contribution >= 4 is 31.6 Å². The van der Waals surface area contributed by atoms with E-state index in [4.69, 9.17) is 5.73 Å². The summed E-state index contributed by atoms with van der Waals surface area (Å²) in [4.78, 5) is -0.411. The first kappa shape index (κ1) is 14.7. The number of nitrogens with two attached hydrogens (primary N) is 1. The van der Waals surface area contributed by atoms with Gasteiger partial charge in [-0.3, -0.25) is 0 Å². The van der Waals surface area contributed by atoms with Gasteiger partial charge in [0.2, 0.25) is 10.0 Å². The van der Waals surface area contributed by atoms with Gasteiger partial charge in [0.1, 0.15) is 4.90 Å². The van der Waals surface area contributed by atoms with Gasteiger partial charge in [-0.2, -0.15) is 0 Å². The summed E-state index contributed by atoms with van der Waals surface area (Å²) >= 11 is 2.95. The van der Waals surface area contributed by atoms with Gasteiger partial charge >= 0.3 is 0 Å². The van der Waals surface area contributed by atoms with Gasteiger partial charge in [0, 0.05) is 12.2 Å². The standard InChI is InChI=1S/C12H16BrFN2O2S/c13-10-6-9(15)7-11(12(10)14)19(17,18)16-5-1-2-8-3-4-8/h6-8,16H,1-5,15H2. The van der Waals surface area contributed by atoms with E-state index in [0.717, 1.165) is 24.8 Å². The molecule has 0 atom stereocenters. The molecule has 0 radical (unpaired) electrons. The molecular weight excluding hydrogens is 335 g/mol. The number of halogens is 2. The van der Waals surface area contributed by atoms with Crippen LogP contribution in [-0.2, 0) is 10.0 Å². The fourth-order valence-electron chi connectivity index (χ4n) is 1.86. The topological polar surface area (TPSA) is 72.2 Å². The first-order chi connectivity index (χ1) is 8.90. The van der Waals surface area contributed by atoms with Crippen LogP contribution in [-0.4, -0.2) is 15.0 Å². The lowest BCUT2D eigenvalue weighted by atomic mass is 10.2. The van der Waals surface area contributed by atoms with Gasteiger partial charge in [-0.1, -0.05) is 12.8 Å². The summed E-state index contributed by atoms with van der Waals surface area (Å²) in [5.41, 5.74) is 5.74. The van der Waals surface area contributed by atoms with Crippen LogP contribution in [0.3, 0.4) is 0 Å². The number of rotatable bonds is 6. The average molecular weight is 351 g/mol. The summed E-state index contributed by atoms with van der Waals surface area (Å²) < 4.78 is 40.2. The molecule has 0 saturated heterocycles. The summed E-state index contributed by atoms with van der Waals surface area (Å²) in [5.74, 6) is -0.0633. The highest BCUT2D eigenvalue weighted by atomic mass is 79.9. The van der Waals surface area contributed by atoms with E-state index in [9.17, 15) is 12.8 Å². The molecule has 1 aromatic carbocycles. The molecule has 19 heavy (non-hydrogen) atoms. The monoisotopic (exact) mass is 350 g/mol. The number of hydrogen-bond acceptors (Lipinski definition) is 3. The Morgan fingerprint density at radius 2 is 2.11 bits per heavy atom. The van der Waals surface area contributed by atoms with Crippen LogP contribution in [0.15, 0.2) is 21.5 Å². The molecule has 7 heteroatoms. The number of sulfonamides is 1. The molecule has 0 unspecified atom stereocenters. The van der Waals surface area contributed by atoms with Crippen LogP contribution in [0.5, 0.6) is 0 Å². The molecule has 1 aliphatic rings. The number of anilines is 1. The van der Waals surface area contributed by atoms with Gasteiger partial charge in [0.25, 0.3) is 0 Å². The SMILES string of the molecule is Nc1cc(Br)c(F)c(S(=O)(=O)NCCCC2CC2)c1. The number of hydrogen-bond donors (Lipinski definition) is 2. The van der Waals surface area contributed by atoms with Crippen LogP contribution < -0.4 is 10.5 Å². The van der Waals surface area contributed by atoms with Crippen LogP contribution in [0.2, 0.25) is 0 Å². The van der Waals surface area contributed by atoms with Crippen molar-refractivity contribution in [1.29, 1.82) is 0 Å². The quantitative estimate of drug-likeness (QED) is 0.611. The molecule has 0 bridgehead atoms. The Labute approximate surface area is 120 Å². The molecule has 106 valence electrons. The van der Waals surface area contributed by atoms with E-state index in [2.05, 4.69) is 20.7 Å². The molecule has 1 saturated carbocycles. The molecular formula is C12H16BrFN2O2S. The summed E-state index contributed by atoms with van der Waals surface area (Å²) in [6.07, 6.45) is 4.27. The normalized spacial score (nSPS) is 15.7. The minimum Gasteiger partial charge on any atom is -0.399 e. The minimum absolute atomic E-state index is 0.0471. The molecule has 0 heterocycles. The van der Waals surface area contributed by atoms with E-state index in [-0.39, 0.29) is 10.2 Å². The molecule has 0 amide bonds. The van der Waals surface area contributed by atoms with E-state index < -0.39 is 20.7 Å². The Morgan fingerprint density at radius 3 is 2.74 bits per heavy atom. The Morgan fingerprint density at radius 1 is 1.42 bits per heavy atom. The van der Waals surface area contributed by atoms with E-state index >= 15 is 0 Å². The zero-order chi connectivity index (χ0) is 14.0. The molecule has 1 fully saturated rings. The molecule has 1 aliphatic carbocycles. The third kappa shape index (κ3) is 3.90. The van der Waals surface area contributed by atoms with Gasteiger partial charge in [0.05, 0.1) is 4.47 Å². The fourth-order valence-corrected chi connectivity index (χ4v) is 3.68. The largest absolute Gasteiger partial charge is 0.399 e. The van der Waals surface area contributed by atoms with Crippen molar-refractivity contribution in [2.24, 2.45) is 5.92 Å². The summed E-state index contributed by atoms with van der Waals surface area (Å²) in [7, 11) is -3.85. The van der Waals surface area contributed by atoms with Crippen molar-refractivity contribution in [3.05, 3.63) is 22.4 Å². The predicted molar refractivity (Wildman–Crippen MR) is 75.7 cm³/mol. The van der Waals surface area contributed by atoms with Crippen molar-refractivity contribution in [1.82, 2.24) is 4.72 Å². The highest BCUT2D eigenvalue weighted by Gasteiger charge is 2.23. The van der Waals surface area contributed by atoms with Crippen molar-refractivity contribution in [2.75, 3.05) is 12.3 Å². The molecule has 3 N–H and O–H groups in total. The van der Waals surface area contributed by atoms with Gasteiger partial charge in [-0.15, -0.1) is 0 Å². The number of nitrogen functional groups attached to an aromatic ring is 1. The van der Waals surface area contributed by atoms with Gasteiger partial charge in [0.15, 0.2) is 5.82 Å². The van der Waals surface area contributed by atoms with E-state index in [1.54, 1.807) is 0 Å². The van der Waals surface area contributed by atoms with Crippen LogP contribution >= 0.6 is 15.9 Å². The lowest BCUT2D eigenvalue weighted by Crippen LogP contribution is -2.26. The van der Waals surface area contributed by atoms with Crippen molar-refractivity contribution in [3.63, 3.8) is 0 Å². The first-order valence-electron chi connectivity index (χ1n) is 6.14. The van der Waals surface area contributed by atoms with Crippen molar-refractivity contribution < 1.29 is 12.8 Å². The number of benzene rings is 1. The second-order valence-corrected chi connectivity index (χ2v) is 7.39. The Kier molecular flexibility index (Phi) is 4.47. The van der Waals surface area contributed by atoms with Crippen molar-refractivity contribution in [3.8, 4) is 0 Å². The molecule has 0 spiro atoms. The molecule has 2 rings (SSSR count). The fraction of sp³-hybridized carbons (Fsp3) is 0.500. The second kappa shape index (κ2) is 5.76. The summed E-state index contributed by atoms with van der Waals surface area (Å²) in [6.45, 7) is 0.324. The molecule has 4 nitrogen and oxygen atoms in total. The van der Waals surface area contributed by atoms with Gasteiger partial charge < -0.3 is 5.73 Å². The second-order valence-electron chi connectivity index (χ2n) is 4.80.